The normalized spacial score (nSPS) is 18.7. The molecule has 1 aliphatic carbocycles. The highest BCUT2D eigenvalue weighted by molar-refractivity contribution is 9.10. The Bertz CT molecular complexity index is 893. The van der Waals surface area contributed by atoms with E-state index in [2.05, 4.69) is 21.2 Å². The van der Waals surface area contributed by atoms with Crippen molar-refractivity contribution in [3.8, 4) is 0 Å². The van der Waals surface area contributed by atoms with Crippen molar-refractivity contribution < 1.29 is 22.8 Å². The predicted molar refractivity (Wildman–Crippen MR) is 103 cm³/mol. The smallest absolute Gasteiger partial charge is 0.262 e. The number of halogens is 1. The molecule has 7 nitrogen and oxygen atoms in total. The first-order valence-corrected chi connectivity index (χ1v) is 11.7. The highest BCUT2D eigenvalue weighted by atomic mass is 79.9. The second kappa shape index (κ2) is 7.71. The Labute approximate surface area is 166 Å². The number of nitrogens with one attached hydrogen (secondary N) is 1. The van der Waals surface area contributed by atoms with Gasteiger partial charge in [0.05, 0.1) is 16.9 Å². The van der Waals surface area contributed by atoms with Crippen molar-refractivity contribution in [1.29, 1.82) is 0 Å². The summed E-state index contributed by atoms with van der Waals surface area (Å²) in [6.45, 7) is 0. The molecule has 27 heavy (non-hydrogen) atoms. The molecule has 3 rings (SSSR count). The van der Waals surface area contributed by atoms with Crippen molar-refractivity contribution in [2.45, 2.75) is 44.2 Å². The molecule has 1 aliphatic heterocycles. The number of sulfone groups is 1. The number of hydrogen-bond donors (Lipinski definition) is 1. The van der Waals surface area contributed by atoms with Gasteiger partial charge in [0, 0.05) is 16.8 Å². The van der Waals surface area contributed by atoms with Crippen molar-refractivity contribution >= 4 is 43.5 Å². The highest BCUT2D eigenvalue weighted by Crippen LogP contribution is 2.29. The van der Waals surface area contributed by atoms with E-state index in [1.807, 2.05) is 0 Å². The molecule has 1 aromatic carbocycles. The molecule has 1 aromatic rings. The average Bonchev–Trinajstić information content (AvgIpc) is 3.16. The monoisotopic (exact) mass is 456 g/mol. The van der Waals surface area contributed by atoms with Crippen LogP contribution in [0.25, 0.3) is 0 Å². The van der Waals surface area contributed by atoms with Gasteiger partial charge in [-0.3, -0.25) is 19.3 Å². The van der Waals surface area contributed by atoms with Gasteiger partial charge in [0.2, 0.25) is 5.91 Å². The summed E-state index contributed by atoms with van der Waals surface area (Å²) >= 11 is 3.27. The molecule has 0 aromatic heterocycles. The second-order valence-electron chi connectivity index (χ2n) is 7.09. The lowest BCUT2D eigenvalue weighted by atomic mass is 10.1. The van der Waals surface area contributed by atoms with Crippen LogP contribution in [0.1, 0.15) is 52.8 Å². The standard InChI is InChI=1S/C18H21BrN2O5S/c1-27(25,26)9-8-15(16(22)20-12-4-2-3-5-12)21-17(23)13-7-6-11(19)10-14(13)18(21)24/h6-7,10,12,15H,2-5,8-9H2,1H3,(H,20,22). The van der Waals surface area contributed by atoms with Crippen LogP contribution in [-0.2, 0) is 14.6 Å². The quantitative estimate of drug-likeness (QED) is 0.658. The summed E-state index contributed by atoms with van der Waals surface area (Å²) in [6.07, 6.45) is 4.67. The molecule has 146 valence electrons. The highest BCUT2D eigenvalue weighted by Gasteiger charge is 2.43. The minimum Gasteiger partial charge on any atom is -0.352 e. The molecule has 1 N–H and O–H groups in total. The Morgan fingerprint density at radius 3 is 2.48 bits per heavy atom. The number of hydrogen-bond acceptors (Lipinski definition) is 5. The maximum atomic E-state index is 12.9. The van der Waals surface area contributed by atoms with Gasteiger partial charge in [-0.05, 0) is 37.5 Å². The van der Waals surface area contributed by atoms with E-state index in [4.69, 9.17) is 0 Å². The molecule has 1 heterocycles. The van der Waals surface area contributed by atoms with Crippen LogP contribution in [-0.4, -0.2) is 55.1 Å². The first kappa shape index (κ1) is 20.0. The van der Waals surface area contributed by atoms with Crippen molar-refractivity contribution in [1.82, 2.24) is 10.2 Å². The fourth-order valence-corrected chi connectivity index (χ4v) is 4.60. The van der Waals surface area contributed by atoms with Gasteiger partial charge in [-0.25, -0.2) is 8.42 Å². The third-order valence-electron chi connectivity index (χ3n) is 4.96. The summed E-state index contributed by atoms with van der Waals surface area (Å²) < 4.78 is 23.9. The van der Waals surface area contributed by atoms with Crippen molar-refractivity contribution in [2.75, 3.05) is 12.0 Å². The third-order valence-corrected chi connectivity index (χ3v) is 6.43. The van der Waals surface area contributed by atoms with Crippen molar-refractivity contribution in [3.63, 3.8) is 0 Å². The zero-order valence-corrected chi connectivity index (χ0v) is 17.3. The lowest BCUT2D eigenvalue weighted by Gasteiger charge is -2.26. The summed E-state index contributed by atoms with van der Waals surface area (Å²) in [4.78, 5) is 39.4. The molecule has 1 atom stereocenters. The van der Waals surface area contributed by atoms with E-state index in [0.29, 0.717) is 4.47 Å². The number of carbonyl (C=O) groups excluding carboxylic acids is 3. The largest absolute Gasteiger partial charge is 0.352 e. The molecule has 9 heteroatoms. The van der Waals surface area contributed by atoms with Crippen LogP contribution in [0, 0.1) is 0 Å². The Balaban J connectivity index is 1.88. The van der Waals surface area contributed by atoms with Gasteiger partial charge in [-0.15, -0.1) is 0 Å². The van der Waals surface area contributed by atoms with E-state index < -0.39 is 33.6 Å². The molecular formula is C18H21BrN2O5S. The number of nitrogens with zero attached hydrogens (tertiary/aromatic N) is 1. The molecule has 0 bridgehead atoms. The summed E-state index contributed by atoms with van der Waals surface area (Å²) in [5, 5.41) is 2.88. The first-order valence-electron chi connectivity index (χ1n) is 8.83. The summed E-state index contributed by atoms with van der Waals surface area (Å²) in [7, 11) is -3.36. The van der Waals surface area contributed by atoms with E-state index in [-0.39, 0.29) is 29.3 Å². The van der Waals surface area contributed by atoms with E-state index >= 15 is 0 Å². The van der Waals surface area contributed by atoms with Crippen LogP contribution in [0.3, 0.4) is 0 Å². The van der Waals surface area contributed by atoms with Gasteiger partial charge < -0.3 is 5.32 Å². The SMILES string of the molecule is CS(=O)(=O)CCC(C(=O)NC1CCCC1)N1C(=O)c2ccc(Br)cc2C1=O. The number of amides is 3. The van der Waals surface area contributed by atoms with Crippen LogP contribution in [0.4, 0.5) is 0 Å². The van der Waals surface area contributed by atoms with Gasteiger partial charge in [-0.1, -0.05) is 28.8 Å². The zero-order valence-electron chi connectivity index (χ0n) is 14.9. The summed E-state index contributed by atoms with van der Waals surface area (Å²) in [6, 6.07) is 3.58. The fourth-order valence-electron chi connectivity index (χ4n) is 3.59. The summed E-state index contributed by atoms with van der Waals surface area (Å²) in [5.74, 6) is -1.90. The van der Waals surface area contributed by atoms with Crippen LogP contribution in [0.2, 0.25) is 0 Å². The number of fused-ring (bicyclic) bond motifs is 1. The number of rotatable bonds is 6. The third kappa shape index (κ3) is 4.40. The van der Waals surface area contributed by atoms with Gasteiger partial charge in [0.25, 0.3) is 11.8 Å². The molecule has 0 saturated heterocycles. The van der Waals surface area contributed by atoms with Crippen LogP contribution in [0.15, 0.2) is 22.7 Å². The Kier molecular flexibility index (Phi) is 5.71. The molecule has 1 fully saturated rings. The van der Waals surface area contributed by atoms with E-state index in [1.54, 1.807) is 6.07 Å². The van der Waals surface area contributed by atoms with Crippen LogP contribution in [0.5, 0.6) is 0 Å². The fraction of sp³-hybridized carbons (Fsp3) is 0.500. The maximum absolute atomic E-state index is 12.9. The molecule has 0 spiro atoms. The Morgan fingerprint density at radius 2 is 1.85 bits per heavy atom. The minimum atomic E-state index is -3.36. The average molecular weight is 457 g/mol. The number of imide groups is 1. The topological polar surface area (TPSA) is 101 Å². The second-order valence-corrected chi connectivity index (χ2v) is 10.3. The Morgan fingerprint density at radius 1 is 1.22 bits per heavy atom. The predicted octanol–water partition coefficient (Wildman–Crippen LogP) is 1.91. The van der Waals surface area contributed by atoms with Crippen molar-refractivity contribution in [3.05, 3.63) is 33.8 Å². The molecular weight excluding hydrogens is 436 g/mol. The maximum Gasteiger partial charge on any atom is 0.262 e. The van der Waals surface area contributed by atoms with Crippen molar-refractivity contribution in [2.24, 2.45) is 0 Å². The molecule has 1 unspecified atom stereocenters. The minimum absolute atomic E-state index is 0.00237. The van der Waals surface area contributed by atoms with E-state index in [0.717, 1.165) is 36.8 Å². The Hall–Kier alpha value is -1.74. The molecule has 1 saturated carbocycles. The van der Waals surface area contributed by atoms with Gasteiger partial charge in [-0.2, -0.15) is 0 Å². The van der Waals surface area contributed by atoms with Crippen LogP contribution >= 0.6 is 15.9 Å². The lowest BCUT2D eigenvalue weighted by molar-refractivity contribution is -0.125. The van der Waals surface area contributed by atoms with Gasteiger partial charge >= 0.3 is 0 Å². The lowest BCUT2D eigenvalue weighted by Crippen LogP contribution is -2.52. The van der Waals surface area contributed by atoms with E-state index in [9.17, 15) is 22.8 Å². The summed E-state index contributed by atoms with van der Waals surface area (Å²) in [5.41, 5.74) is 0.439. The van der Waals surface area contributed by atoms with Gasteiger partial charge in [0.1, 0.15) is 15.9 Å². The molecule has 0 radical (unpaired) electrons. The van der Waals surface area contributed by atoms with Crippen LogP contribution < -0.4 is 5.32 Å². The zero-order chi connectivity index (χ0) is 19.8. The van der Waals surface area contributed by atoms with Gasteiger partial charge in [0.15, 0.2) is 0 Å². The van der Waals surface area contributed by atoms with E-state index in [1.165, 1.54) is 12.1 Å². The number of benzene rings is 1. The molecule has 3 amide bonds. The number of carbonyl (C=O) groups is 3. The first-order chi connectivity index (χ1) is 12.7. The molecule has 2 aliphatic rings.